The highest BCUT2D eigenvalue weighted by atomic mass is 32.2. The molecule has 1 aromatic carbocycles. The summed E-state index contributed by atoms with van der Waals surface area (Å²) >= 11 is 1.20. The van der Waals surface area contributed by atoms with Crippen molar-refractivity contribution in [3.05, 3.63) is 48.3 Å². The first kappa shape index (κ1) is 12.3. The normalized spacial score (nSPS) is 10.2. The molecule has 0 atom stereocenters. The Hall–Kier alpha value is -2.79. The van der Waals surface area contributed by atoms with E-state index >= 15 is 0 Å². The van der Waals surface area contributed by atoms with Crippen molar-refractivity contribution in [3.63, 3.8) is 0 Å². The first-order chi connectivity index (χ1) is 9.86. The molecule has 0 N–H and O–H groups in total. The van der Waals surface area contributed by atoms with Gasteiger partial charge in [0, 0.05) is 6.20 Å². The van der Waals surface area contributed by atoms with Crippen LogP contribution in [0.2, 0.25) is 0 Å². The Morgan fingerprint density at radius 3 is 2.80 bits per heavy atom. The SMILES string of the molecule is N#Cc1ccnc(Sc2nnnn2-c2ccccc2)n1. The number of para-hydroxylation sites is 1. The quantitative estimate of drug-likeness (QED) is 0.671. The highest BCUT2D eigenvalue weighted by Crippen LogP contribution is 2.23. The van der Waals surface area contributed by atoms with Crippen molar-refractivity contribution in [2.45, 2.75) is 10.3 Å². The number of benzene rings is 1. The van der Waals surface area contributed by atoms with Gasteiger partial charge in [-0.05, 0) is 40.4 Å². The van der Waals surface area contributed by atoms with Crippen LogP contribution >= 0.6 is 11.8 Å². The minimum Gasteiger partial charge on any atom is -0.231 e. The lowest BCUT2D eigenvalue weighted by Gasteiger charge is -2.02. The molecule has 0 saturated carbocycles. The molecule has 0 amide bonds. The van der Waals surface area contributed by atoms with E-state index in [2.05, 4.69) is 25.5 Å². The van der Waals surface area contributed by atoms with Gasteiger partial charge >= 0.3 is 0 Å². The summed E-state index contributed by atoms with van der Waals surface area (Å²) in [7, 11) is 0. The number of aromatic nitrogens is 6. The van der Waals surface area contributed by atoms with Gasteiger partial charge in [0.05, 0.1) is 5.69 Å². The Balaban J connectivity index is 1.93. The largest absolute Gasteiger partial charge is 0.231 e. The number of tetrazole rings is 1. The summed E-state index contributed by atoms with van der Waals surface area (Å²) in [5.41, 5.74) is 1.15. The highest BCUT2D eigenvalue weighted by Gasteiger charge is 2.11. The molecule has 0 aliphatic carbocycles. The molecular weight excluding hydrogens is 274 g/mol. The predicted molar refractivity (Wildman–Crippen MR) is 70.0 cm³/mol. The minimum atomic E-state index is 0.307. The molecular formula is C12H7N7S. The fourth-order valence-corrected chi connectivity index (χ4v) is 2.23. The zero-order valence-electron chi connectivity index (χ0n) is 10.1. The first-order valence-electron chi connectivity index (χ1n) is 5.61. The van der Waals surface area contributed by atoms with Crippen LogP contribution in [0.25, 0.3) is 5.69 Å². The van der Waals surface area contributed by atoms with Gasteiger partial charge in [0.25, 0.3) is 0 Å². The lowest BCUT2D eigenvalue weighted by atomic mass is 10.3. The van der Waals surface area contributed by atoms with E-state index in [1.165, 1.54) is 18.0 Å². The number of nitrogens with zero attached hydrogens (tertiary/aromatic N) is 7. The molecule has 0 unspecified atom stereocenters. The third kappa shape index (κ3) is 2.48. The van der Waals surface area contributed by atoms with Crippen LogP contribution in [0.5, 0.6) is 0 Å². The van der Waals surface area contributed by atoms with Gasteiger partial charge in [0.2, 0.25) is 5.16 Å². The minimum absolute atomic E-state index is 0.307. The van der Waals surface area contributed by atoms with Crippen LogP contribution in [-0.2, 0) is 0 Å². The van der Waals surface area contributed by atoms with Gasteiger partial charge in [0.1, 0.15) is 11.8 Å². The first-order valence-corrected chi connectivity index (χ1v) is 6.43. The number of nitriles is 1. The summed E-state index contributed by atoms with van der Waals surface area (Å²) in [6.45, 7) is 0. The maximum Gasteiger partial charge on any atom is 0.221 e. The van der Waals surface area contributed by atoms with E-state index in [9.17, 15) is 0 Å². The monoisotopic (exact) mass is 281 g/mol. The molecule has 3 rings (SSSR count). The van der Waals surface area contributed by atoms with E-state index in [1.807, 2.05) is 36.4 Å². The molecule has 0 radical (unpaired) electrons. The van der Waals surface area contributed by atoms with E-state index in [0.29, 0.717) is 16.0 Å². The van der Waals surface area contributed by atoms with E-state index < -0.39 is 0 Å². The lowest BCUT2D eigenvalue weighted by Crippen LogP contribution is -1.99. The number of rotatable bonds is 3. The Bertz CT molecular complexity index is 763. The van der Waals surface area contributed by atoms with E-state index in [0.717, 1.165) is 5.69 Å². The molecule has 0 aliphatic rings. The van der Waals surface area contributed by atoms with Crippen LogP contribution in [0.4, 0.5) is 0 Å². The summed E-state index contributed by atoms with van der Waals surface area (Å²) in [5.74, 6) is 0. The zero-order chi connectivity index (χ0) is 13.8. The Morgan fingerprint density at radius 2 is 2.00 bits per heavy atom. The van der Waals surface area contributed by atoms with Crippen molar-refractivity contribution in [2.24, 2.45) is 0 Å². The Morgan fingerprint density at radius 1 is 1.15 bits per heavy atom. The fraction of sp³-hybridized carbons (Fsp3) is 0. The van der Waals surface area contributed by atoms with Crippen LogP contribution < -0.4 is 0 Å². The molecule has 96 valence electrons. The van der Waals surface area contributed by atoms with Crippen LogP contribution in [0.3, 0.4) is 0 Å². The number of hydrogen-bond acceptors (Lipinski definition) is 7. The second-order valence-electron chi connectivity index (χ2n) is 3.65. The summed E-state index contributed by atoms with van der Waals surface area (Å²) in [5, 5.41) is 21.3. The van der Waals surface area contributed by atoms with Gasteiger partial charge in [-0.15, -0.1) is 5.10 Å². The van der Waals surface area contributed by atoms with E-state index in [-0.39, 0.29) is 0 Å². The maximum absolute atomic E-state index is 8.83. The van der Waals surface area contributed by atoms with Gasteiger partial charge in [-0.3, -0.25) is 0 Å². The average Bonchev–Trinajstić information content (AvgIpc) is 2.96. The fourth-order valence-electron chi connectivity index (χ4n) is 1.51. The summed E-state index contributed by atoms with van der Waals surface area (Å²) in [4.78, 5) is 8.17. The van der Waals surface area contributed by atoms with E-state index in [4.69, 9.17) is 5.26 Å². The predicted octanol–water partition coefficient (Wildman–Crippen LogP) is 1.48. The molecule has 0 bridgehead atoms. The molecule has 0 fully saturated rings. The van der Waals surface area contributed by atoms with Crippen LogP contribution in [0.1, 0.15) is 5.69 Å². The van der Waals surface area contributed by atoms with Crippen LogP contribution in [0.15, 0.2) is 52.9 Å². The average molecular weight is 281 g/mol. The molecule has 8 heteroatoms. The van der Waals surface area contributed by atoms with Crippen molar-refractivity contribution < 1.29 is 0 Å². The third-order valence-electron chi connectivity index (χ3n) is 2.37. The summed E-state index contributed by atoms with van der Waals surface area (Å²) in [6, 6.07) is 13.0. The van der Waals surface area contributed by atoms with Gasteiger partial charge in [-0.25, -0.2) is 9.97 Å². The molecule has 2 heterocycles. The maximum atomic E-state index is 8.83. The summed E-state index contributed by atoms with van der Waals surface area (Å²) in [6.07, 6.45) is 1.53. The lowest BCUT2D eigenvalue weighted by molar-refractivity contribution is 0.754. The van der Waals surface area contributed by atoms with Gasteiger partial charge in [-0.1, -0.05) is 18.2 Å². The van der Waals surface area contributed by atoms with Crippen LogP contribution in [-0.4, -0.2) is 30.2 Å². The molecule has 0 spiro atoms. The zero-order valence-corrected chi connectivity index (χ0v) is 10.9. The Kier molecular flexibility index (Phi) is 3.34. The molecule has 7 nitrogen and oxygen atoms in total. The Labute approximate surface area is 118 Å². The summed E-state index contributed by atoms with van der Waals surface area (Å²) < 4.78 is 1.59. The standard InChI is InChI=1S/C12H7N7S/c13-8-9-6-7-14-11(15-9)20-12-16-17-18-19(12)10-4-2-1-3-5-10/h1-7H. The van der Waals surface area contributed by atoms with Gasteiger partial charge < -0.3 is 0 Å². The smallest absolute Gasteiger partial charge is 0.221 e. The van der Waals surface area contributed by atoms with Crippen molar-refractivity contribution >= 4 is 11.8 Å². The van der Waals surface area contributed by atoms with Crippen molar-refractivity contribution in [1.29, 1.82) is 5.26 Å². The highest BCUT2D eigenvalue weighted by molar-refractivity contribution is 7.99. The second kappa shape index (κ2) is 5.46. The molecule has 2 aromatic heterocycles. The third-order valence-corrected chi connectivity index (χ3v) is 3.19. The second-order valence-corrected chi connectivity index (χ2v) is 4.58. The molecule has 0 saturated heterocycles. The van der Waals surface area contributed by atoms with Crippen LogP contribution in [0, 0.1) is 11.3 Å². The topological polar surface area (TPSA) is 93.2 Å². The van der Waals surface area contributed by atoms with E-state index in [1.54, 1.807) is 10.7 Å². The number of hydrogen-bond donors (Lipinski definition) is 0. The van der Waals surface area contributed by atoms with Crippen molar-refractivity contribution in [1.82, 2.24) is 30.2 Å². The van der Waals surface area contributed by atoms with Crippen molar-refractivity contribution in [2.75, 3.05) is 0 Å². The molecule has 0 aliphatic heterocycles. The van der Waals surface area contributed by atoms with Gasteiger partial charge in [0.15, 0.2) is 5.16 Å². The van der Waals surface area contributed by atoms with Crippen molar-refractivity contribution in [3.8, 4) is 11.8 Å². The molecule has 3 aromatic rings. The van der Waals surface area contributed by atoms with Gasteiger partial charge in [-0.2, -0.15) is 9.94 Å². The molecule has 20 heavy (non-hydrogen) atoms.